The third kappa shape index (κ3) is 4.49. The van der Waals surface area contributed by atoms with Gasteiger partial charge in [0.2, 0.25) is 0 Å². The van der Waals surface area contributed by atoms with Gasteiger partial charge in [-0.15, -0.1) is 11.3 Å². The van der Waals surface area contributed by atoms with Gasteiger partial charge in [0.1, 0.15) is 0 Å². The molecule has 0 saturated heterocycles. The van der Waals surface area contributed by atoms with Gasteiger partial charge in [-0.2, -0.15) is 0 Å². The minimum Gasteiger partial charge on any atom is -0.338 e. The summed E-state index contributed by atoms with van der Waals surface area (Å²) >= 11 is 1.73. The lowest BCUT2D eigenvalue weighted by Crippen LogP contribution is -2.43. The van der Waals surface area contributed by atoms with E-state index in [0.29, 0.717) is 0 Å². The Hall–Kier alpha value is -4.67. The molecule has 240 valence electrons. The summed E-state index contributed by atoms with van der Waals surface area (Å²) in [4.78, 5) is 19.0. The van der Waals surface area contributed by atoms with E-state index in [2.05, 4.69) is 148 Å². The maximum Gasteiger partial charge on any atom is 0.195 e. The Bertz CT molecular complexity index is 2320. The summed E-state index contributed by atoms with van der Waals surface area (Å²) in [5.41, 5.74) is 11.3. The predicted molar refractivity (Wildman–Crippen MR) is 206 cm³/mol. The number of hydrogen-bond acceptors (Lipinski definition) is 4. The molecule has 8 rings (SSSR count). The average molecular weight is 647 g/mol. The Morgan fingerprint density at radius 2 is 1.40 bits per heavy atom. The first-order valence-electron chi connectivity index (χ1n) is 17.2. The number of nitrogens with zero attached hydrogens (tertiary/aromatic N) is 2. The van der Waals surface area contributed by atoms with Gasteiger partial charge in [-0.3, -0.25) is 4.79 Å². The molecule has 0 radical (unpaired) electrons. The molecular weight excluding hydrogens is 605 g/mol. The summed E-state index contributed by atoms with van der Waals surface area (Å²) in [5, 5.41) is 1.55. The van der Waals surface area contributed by atoms with Gasteiger partial charge in [-0.1, -0.05) is 101 Å². The van der Waals surface area contributed by atoms with Gasteiger partial charge in [0.15, 0.2) is 5.43 Å². The van der Waals surface area contributed by atoms with Crippen molar-refractivity contribution in [1.29, 1.82) is 0 Å². The summed E-state index contributed by atoms with van der Waals surface area (Å²) in [6, 6.07) is 32.7. The van der Waals surface area contributed by atoms with Gasteiger partial charge in [-0.25, -0.2) is 0 Å². The number of allylic oxidation sites excluding steroid dienone is 4. The standard InChI is InChI=1S/C44H42N2OS/c1-7-30-40(26-28(2)45-36-20-12-8-16-32(36)43(3,4)33-17-9-13-21-37(33)45)48-41-27-29(24-25-31(41)42(30)47)46-38-22-14-10-18-34(38)44(5,6)35-19-11-15-23-39(35)46/h7-12,14-20,22-28H,13,21H2,1-6H3/b30-7+,40-26+. The molecule has 4 aromatic carbocycles. The zero-order valence-corrected chi connectivity index (χ0v) is 29.5. The summed E-state index contributed by atoms with van der Waals surface area (Å²) in [7, 11) is 0. The molecule has 2 aliphatic heterocycles. The maximum atomic E-state index is 14.1. The van der Waals surface area contributed by atoms with Gasteiger partial charge in [0, 0.05) is 47.7 Å². The summed E-state index contributed by atoms with van der Waals surface area (Å²) in [6.45, 7) is 13.6. The van der Waals surface area contributed by atoms with Gasteiger partial charge in [-0.05, 0) is 91.4 Å². The van der Waals surface area contributed by atoms with Crippen LogP contribution in [0.25, 0.3) is 22.2 Å². The van der Waals surface area contributed by atoms with E-state index in [-0.39, 0.29) is 22.3 Å². The Labute approximate surface area is 287 Å². The second-order valence-electron chi connectivity index (χ2n) is 14.4. The molecule has 1 aromatic heterocycles. The van der Waals surface area contributed by atoms with E-state index in [1.165, 1.54) is 45.0 Å². The number of rotatable bonds is 3. The van der Waals surface area contributed by atoms with Crippen LogP contribution in [0.15, 0.2) is 119 Å². The first-order valence-corrected chi connectivity index (χ1v) is 18.0. The molecule has 3 heterocycles. The van der Waals surface area contributed by atoms with Crippen molar-refractivity contribution in [2.45, 2.75) is 71.3 Å². The van der Waals surface area contributed by atoms with E-state index in [0.717, 1.165) is 38.4 Å². The fraction of sp³-hybridized carbons (Fsp3) is 0.250. The van der Waals surface area contributed by atoms with Crippen molar-refractivity contribution in [2.24, 2.45) is 0 Å². The van der Waals surface area contributed by atoms with Crippen LogP contribution in [-0.4, -0.2) is 6.04 Å². The summed E-state index contributed by atoms with van der Waals surface area (Å²) in [6.07, 6.45) is 11.0. The van der Waals surface area contributed by atoms with Gasteiger partial charge in [0.25, 0.3) is 0 Å². The van der Waals surface area contributed by atoms with Crippen LogP contribution < -0.4 is 25.0 Å². The average Bonchev–Trinajstić information content (AvgIpc) is 3.09. The predicted octanol–water partition coefficient (Wildman–Crippen LogP) is 9.74. The molecule has 0 fully saturated rings. The lowest BCUT2D eigenvalue weighted by atomic mass is 9.71. The third-order valence-corrected chi connectivity index (χ3v) is 12.0. The molecular formula is C44H42N2OS. The highest BCUT2D eigenvalue weighted by atomic mass is 32.1. The third-order valence-electron chi connectivity index (χ3n) is 10.9. The Morgan fingerprint density at radius 3 is 2.04 bits per heavy atom. The van der Waals surface area contributed by atoms with E-state index >= 15 is 0 Å². The number of para-hydroxylation sites is 3. The molecule has 5 aromatic rings. The van der Waals surface area contributed by atoms with Crippen LogP contribution in [-0.2, 0) is 10.8 Å². The molecule has 0 saturated carbocycles. The van der Waals surface area contributed by atoms with Crippen molar-refractivity contribution in [2.75, 3.05) is 9.80 Å². The topological polar surface area (TPSA) is 23.6 Å². The fourth-order valence-electron chi connectivity index (χ4n) is 8.43. The Balaban J connectivity index is 1.31. The number of benzene rings is 4. The van der Waals surface area contributed by atoms with Crippen molar-refractivity contribution in [1.82, 2.24) is 0 Å². The van der Waals surface area contributed by atoms with Crippen LogP contribution in [0.3, 0.4) is 0 Å². The van der Waals surface area contributed by atoms with E-state index in [9.17, 15) is 4.79 Å². The second kappa shape index (κ2) is 11.2. The van der Waals surface area contributed by atoms with E-state index in [1.807, 2.05) is 19.1 Å². The zero-order valence-electron chi connectivity index (χ0n) is 28.7. The SMILES string of the molecule is C/C=c1/c(=O)c2ccc(N3c4ccccc4C(C)(C)c4ccccc43)cc2s/c1=C/C(C)N1C2=C(C=CCC2)C(C)(C)c2ccccc21. The number of hydrogen-bond donors (Lipinski definition) is 0. The van der Waals surface area contributed by atoms with E-state index in [1.54, 1.807) is 11.3 Å². The highest BCUT2D eigenvalue weighted by molar-refractivity contribution is 7.16. The van der Waals surface area contributed by atoms with Crippen molar-refractivity contribution in [3.63, 3.8) is 0 Å². The fourth-order valence-corrected chi connectivity index (χ4v) is 9.70. The van der Waals surface area contributed by atoms with Gasteiger partial charge < -0.3 is 9.80 Å². The molecule has 0 bridgehead atoms. The van der Waals surface area contributed by atoms with E-state index in [4.69, 9.17) is 0 Å². The highest BCUT2D eigenvalue weighted by Gasteiger charge is 2.39. The first-order chi connectivity index (χ1) is 23.1. The van der Waals surface area contributed by atoms with Crippen LogP contribution in [0.2, 0.25) is 0 Å². The Morgan fingerprint density at radius 1 is 0.792 bits per heavy atom. The normalized spacial score (nSPS) is 18.8. The molecule has 3 nitrogen and oxygen atoms in total. The van der Waals surface area contributed by atoms with Gasteiger partial charge in [0.05, 0.1) is 17.4 Å². The zero-order chi connectivity index (χ0) is 33.4. The van der Waals surface area contributed by atoms with Crippen LogP contribution in [0.5, 0.6) is 0 Å². The van der Waals surface area contributed by atoms with Crippen LogP contribution in [0, 0.1) is 0 Å². The minimum atomic E-state index is -0.124. The molecule has 3 aliphatic rings. The largest absolute Gasteiger partial charge is 0.338 e. The van der Waals surface area contributed by atoms with Crippen LogP contribution >= 0.6 is 11.3 Å². The van der Waals surface area contributed by atoms with Crippen LogP contribution in [0.4, 0.5) is 22.7 Å². The number of fused-ring (bicyclic) bond motifs is 4. The maximum absolute atomic E-state index is 14.1. The Kier molecular flexibility index (Phi) is 7.16. The molecule has 0 spiro atoms. The highest BCUT2D eigenvalue weighted by Crippen LogP contribution is 2.52. The van der Waals surface area contributed by atoms with Crippen molar-refractivity contribution >= 4 is 56.3 Å². The quantitative estimate of drug-likeness (QED) is 0.195. The monoisotopic (exact) mass is 646 g/mol. The van der Waals surface area contributed by atoms with Crippen molar-refractivity contribution in [3.8, 4) is 0 Å². The molecule has 48 heavy (non-hydrogen) atoms. The van der Waals surface area contributed by atoms with Crippen molar-refractivity contribution < 1.29 is 0 Å². The van der Waals surface area contributed by atoms with Crippen molar-refractivity contribution in [3.05, 3.63) is 151 Å². The smallest absolute Gasteiger partial charge is 0.195 e. The van der Waals surface area contributed by atoms with E-state index < -0.39 is 0 Å². The second-order valence-corrected chi connectivity index (χ2v) is 15.5. The molecule has 1 aliphatic carbocycles. The molecule has 1 atom stereocenters. The van der Waals surface area contributed by atoms with Gasteiger partial charge >= 0.3 is 0 Å². The minimum absolute atomic E-state index is 0.0526. The number of anilines is 4. The van der Waals surface area contributed by atoms with Crippen LogP contribution in [0.1, 0.15) is 71.1 Å². The molecule has 1 unspecified atom stereocenters. The summed E-state index contributed by atoms with van der Waals surface area (Å²) in [5.74, 6) is 0. The lowest BCUT2D eigenvalue weighted by molar-refractivity contribution is 0.586. The first kappa shape index (κ1) is 30.7. The lowest BCUT2D eigenvalue weighted by Gasteiger charge is -2.46. The molecule has 0 N–H and O–H groups in total. The summed E-state index contributed by atoms with van der Waals surface area (Å²) < 4.78 is 2.03. The molecule has 4 heteroatoms. The molecule has 0 amide bonds.